The molecule has 1 fully saturated rings. The zero-order valence-corrected chi connectivity index (χ0v) is 18.6. The summed E-state index contributed by atoms with van der Waals surface area (Å²) in [7, 11) is 3.88. The highest BCUT2D eigenvalue weighted by Gasteiger charge is 2.39. The van der Waals surface area contributed by atoms with Crippen molar-refractivity contribution in [3.63, 3.8) is 0 Å². The molecule has 33 heavy (non-hydrogen) atoms. The van der Waals surface area contributed by atoms with E-state index in [0.29, 0.717) is 34.7 Å². The SMILES string of the molecule is [2H][C@]1(N2Cc3c(NCc4cc(OCCN(C)C)ccc4F)cccc3C2=O)CCC(=O)NC1=O. The van der Waals surface area contributed by atoms with Crippen LogP contribution in [0, 0.1) is 5.82 Å². The second kappa shape index (κ2) is 9.58. The van der Waals surface area contributed by atoms with Gasteiger partial charge in [0.05, 0.1) is 1.37 Å². The number of rotatable bonds is 8. The lowest BCUT2D eigenvalue weighted by Crippen LogP contribution is -2.52. The van der Waals surface area contributed by atoms with Crippen LogP contribution in [0.15, 0.2) is 36.4 Å². The molecule has 3 amide bonds. The fraction of sp³-hybridized carbons (Fsp3) is 0.375. The Balaban J connectivity index is 1.49. The van der Waals surface area contributed by atoms with Crippen LogP contribution in [0.3, 0.4) is 0 Å². The number of anilines is 1. The molecule has 0 radical (unpaired) electrons. The van der Waals surface area contributed by atoms with Crippen molar-refractivity contribution < 1.29 is 24.9 Å². The van der Waals surface area contributed by atoms with Gasteiger partial charge >= 0.3 is 0 Å². The molecule has 0 bridgehead atoms. The smallest absolute Gasteiger partial charge is 0.255 e. The number of amides is 3. The van der Waals surface area contributed by atoms with Crippen molar-refractivity contribution in [2.24, 2.45) is 0 Å². The van der Waals surface area contributed by atoms with Crippen molar-refractivity contribution in [1.82, 2.24) is 15.1 Å². The maximum Gasteiger partial charge on any atom is 0.255 e. The second-order valence-corrected chi connectivity index (χ2v) is 8.31. The Labute approximate surface area is 193 Å². The molecule has 0 spiro atoms. The summed E-state index contributed by atoms with van der Waals surface area (Å²) >= 11 is 0. The van der Waals surface area contributed by atoms with Gasteiger partial charge in [-0.15, -0.1) is 0 Å². The Hall–Kier alpha value is -3.46. The summed E-state index contributed by atoms with van der Waals surface area (Å²) in [4.78, 5) is 40.1. The van der Waals surface area contributed by atoms with Crippen LogP contribution in [-0.4, -0.2) is 60.8 Å². The maximum atomic E-state index is 14.4. The number of halogens is 1. The molecule has 0 saturated carbocycles. The molecule has 1 saturated heterocycles. The van der Waals surface area contributed by atoms with Crippen molar-refractivity contribution >= 4 is 23.4 Å². The number of nitrogens with one attached hydrogen (secondary N) is 2. The number of likely N-dealkylation sites (N-methyl/N-ethyl adjacent to an activating group) is 1. The van der Waals surface area contributed by atoms with E-state index < -0.39 is 23.7 Å². The van der Waals surface area contributed by atoms with Gasteiger partial charge in [0.25, 0.3) is 5.91 Å². The van der Waals surface area contributed by atoms with E-state index in [2.05, 4.69) is 10.6 Å². The third-order valence-electron chi connectivity index (χ3n) is 5.69. The first-order chi connectivity index (χ1) is 16.2. The Morgan fingerprint density at radius 1 is 1.27 bits per heavy atom. The predicted octanol–water partition coefficient (Wildman–Crippen LogP) is 2.14. The van der Waals surface area contributed by atoms with Crippen molar-refractivity contribution in [3.8, 4) is 5.75 Å². The minimum absolute atomic E-state index is 0.00724. The van der Waals surface area contributed by atoms with Crippen LogP contribution in [0.4, 0.5) is 10.1 Å². The van der Waals surface area contributed by atoms with Crippen LogP contribution in [0.25, 0.3) is 0 Å². The van der Waals surface area contributed by atoms with Gasteiger partial charge in [0.2, 0.25) is 11.8 Å². The quantitative estimate of drug-likeness (QED) is 0.593. The topological polar surface area (TPSA) is 91.0 Å². The zero-order valence-electron chi connectivity index (χ0n) is 19.6. The highest BCUT2D eigenvalue weighted by atomic mass is 19.1. The van der Waals surface area contributed by atoms with Crippen LogP contribution in [0.2, 0.25) is 0 Å². The summed E-state index contributed by atoms with van der Waals surface area (Å²) in [5, 5.41) is 5.34. The molecule has 2 aliphatic rings. The number of piperidine rings is 1. The Morgan fingerprint density at radius 2 is 2.09 bits per heavy atom. The van der Waals surface area contributed by atoms with Gasteiger partial charge in [-0.3, -0.25) is 19.7 Å². The Bertz CT molecular complexity index is 1140. The van der Waals surface area contributed by atoms with E-state index in [1.165, 1.54) is 11.0 Å². The van der Waals surface area contributed by atoms with Crippen LogP contribution < -0.4 is 15.4 Å². The molecule has 0 aliphatic carbocycles. The van der Waals surface area contributed by atoms with Crippen LogP contribution in [0.1, 0.15) is 35.7 Å². The Morgan fingerprint density at radius 3 is 2.85 bits per heavy atom. The molecule has 2 aromatic rings. The zero-order chi connectivity index (χ0) is 24.5. The molecular weight excluding hydrogens is 427 g/mol. The number of carbonyl (C=O) groups excluding carboxylic acids is 3. The maximum absolute atomic E-state index is 14.4. The van der Waals surface area contributed by atoms with Crippen LogP contribution >= 0.6 is 0 Å². The summed E-state index contributed by atoms with van der Waals surface area (Å²) in [5.41, 5.74) is 2.02. The summed E-state index contributed by atoms with van der Waals surface area (Å²) < 4.78 is 28.7. The van der Waals surface area contributed by atoms with E-state index in [1.807, 2.05) is 19.0 Å². The lowest BCUT2D eigenvalue weighted by atomic mass is 10.0. The normalized spacial score (nSPS) is 20.5. The largest absolute Gasteiger partial charge is 0.492 e. The van der Waals surface area contributed by atoms with Crippen molar-refractivity contribution in [3.05, 3.63) is 58.9 Å². The lowest BCUT2D eigenvalue weighted by molar-refractivity contribution is -0.136. The van der Waals surface area contributed by atoms with E-state index in [4.69, 9.17) is 6.11 Å². The Kier molecular flexibility index (Phi) is 6.21. The monoisotopic (exact) mass is 455 g/mol. The third-order valence-corrected chi connectivity index (χ3v) is 5.69. The van der Waals surface area contributed by atoms with E-state index >= 15 is 0 Å². The van der Waals surface area contributed by atoms with E-state index in [1.54, 1.807) is 30.3 Å². The van der Waals surface area contributed by atoms with Crippen molar-refractivity contribution in [1.29, 1.82) is 0 Å². The van der Waals surface area contributed by atoms with Crippen molar-refractivity contribution in [2.75, 3.05) is 32.6 Å². The fourth-order valence-corrected chi connectivity index (χ4v) is 3.89. The number of fused-ring (bicyclic) bond motifs is 1. The molecule has 0 unspecified atom stereocenters. The van der Waals surface area contributed by atoms with Gasteiger partial charge < -0.3 is 19.9 Å². The fourth-order valence-electron chi connectivity index (χ4n) is 3.89. The van der Waals surface area contributed by atoms with E-state index in [9.17, 15) is 18.8 Å². The van der Waals surface area contributed by atoms with Gasteiger partial charge in [0.15, 0.2) is 0 Å². The molecule has 2 heterocycles. The minimum atomic E-state index is -1.86. The molecule has 2 N–H and O–H groups in total. The van der Waals surface area contributed by atoms with Gasteiger partial charge in [-0.1, -0.05) is 6.07 Å². The summed E-state index contributed by atoms with van der Waals surface area (Å²) in [6.07, 6.45) is -0.0707. The van der Waals surface area contributed by atoms with Gasteiger partial charge in [-0.05, 0) is 50.8 Å². The minimum Gasteiger partial charge on any atom is -0.492 e. The third kappa shape index (κ3) is 4.98. The molecule has 4 rings (SSSR count). The second-order valence-electron chi connectivity index (χ2n) is 8.31. The molecular formula is C24H27FN4O4. The first kappa shape index (κ1) is 21.4. The molecule has 2 aliphatic heterocycles. The van der Waals surface area contributed by atoms with Crippen LogP contribution in [-0.2, 0) is 22.7 Å². The molecule has 0 aromatic heterocycles. The van der Waals surface area contributed by atoms with Crippen molar-refractivity contribution in [2.45, 2.75) is 31.9 Å². The highest BCUT2D eigenvalue weighted by Crippen LogP contribution is 2.32. The van der Waals surface area contributed by atoms with Gasteiger partial charge in [-0.2, -0.15) is 0 Å². The summed E-state index contributed by atoms with van der Waals surface area (Å²) in [5.74, 6) is -1.51. The number of ether oxygens (including phenoxy) is 1. The van der Waals surface area contributed by atoms with Gasteiger partial charge in [-0.25, -0.2) is 4.39 Å². The summed E-state index contributed by atoms with van der Waals surface area (Å²) in [6.45, 7) is 1.40. The number of hydrogen-bond acceptors (Lipinski definition) is 6. The first-order valence-electron chi connectivity index (χ1n) is 11.3. The number of benzene rings is 2. The van der Waals surface area contributed by atoms with Gasteiger partial charge in [0, 0.05) is 48.4 Å². The molecule has 9 heteroatoms. The number of imide groups is 1. The molecule has 1 atom stereocenters. The molecule has 8 nitrogen and oxygen atoms in total. The number of carbonyl (C=O) groups is 3. The molecule has 2 aromatic carbocycles. The highest BCUT2D eigenvalue weighted by molar-refractivity contribution is 6.06. The predicted molar refractivity (Wildman–Crippen MR) is 120 cm³/mol. The van der Waals surface area contributed by atoms with Crippen LogP contribution in [0.5, 0.6) is 5.75 Å². The number of nitrogens with zero attached hydrogens (tertiary/aromatic N) is 2. The lowest BCUT2D eigenvalue weighted by Gasteiger charge is -2.29. The average Bonchev–Trinajstić information content (AvgIpc) is 3.14. The number of hydrogen-bond donors (Lipinski definition) is 2. The van der Waals surface area contributed by atoms with Gasteiger partial charge in [0.1, 0.15) is 24.2 Å². The van der Waals surface area contributed by atoms with E-state index in [-0.39, 0.29) is 31.7 Å². The van der Waals surface area contributed by atoms with E-state index in [0.717, 1.165) is 6.54 Å². The molecule has 174 valence electrons. The summed E-state index contributed by atoms with van der Waals surface area (Å²) in [6, 6.07) is 7.82. The standard InChI is InChI=1S/C24H27FN4O4/c1-28(2)10-11-33-16-6-7-19(25)15(12-16)13-26-20-5-3-4-17-18(20)14-29(24(17)32)21-8-9-22(30)27-23(21)31/h3-7,12,21,26H,8-11,13-14H2,1-2H3,(H,27,30,31)/t21-/m0/s1/i21D. The first-order valence-corrected chi connectivity index (χ1v) is 10.8. The average molecular weight is 456 g/mol.